The first-order chi connectivity index (χ1) is 15.3. The number of carbonyl (C=O) groups excluding carboxylic acids is 1. The van der Waals surface area contributed by atoms with E-state index in [2.05, 4.69) is 19.1 Å². The van der Waals surface area contributed by atoms with E-state index in [-0.39, 0.29) is 12.3 Å². The van der Waals surface area contributed by atoms with Crippen LogP contribution in [0.1, 0.15) is 34.5 Å². The van der Waals surface area contributed by atoms with Crippen LogP contribution in [-0.2, 0) is 17.8 Å². The summed E-state index contributed by atoms with van der Waals surface area (Å²) in [4.78, 5) is 14.7. The fraction of sp³-hybridized carbons (Fsp3) is 0.360. The van der Waals surface area contributed by atoms with Gasteiger partial charge in [0.15, 0.2) is 11.5 Å². The molecule has 2 heterocycles. The van der Waals surface area contributed by atoms with Gasteiger partial charge in [-0.05, 0) is 50.1 Å². The fourth-order valence-electron chi connectivity index (χ4n) is 3.96. The van der Waals surface area contributed by atoms with Crippen molar-refractivity contribution in [3.8, 4) is 17.2 Å². The van der Waals surface area contributed by atoms with Crippen LogP contribution in [0.15, 0.2) is 36.4 Å². The topological polar surface area (TPSA) is 56.6 Å². The van der Waals surface area contributed by atoms with E-state index in [1.54, 1.807) is 11.0 Å². The van der Waals surface area contributed by atoms with E-state index in [4.69, 9.17) is 26.2 Å². The summed E-state index contributed by atoms with van der Waals surface area (Å²) >= 11 is 6.39. The van der Waals surface area contributed by atoms with Crippen molar-refractivity contribution in [1.29, 1.82) is 0 Å². The number of halogens is 1. The minimum absolute atomic E-state index is 0.00185. The first-order valence-corrected chi connectivity index (χ1v) is 11.2. The Balaban J connectivity index is 1.51. The quantitative estimate of drug-likeness (QED) is 0.556. The van der Waals surface area contributed by atoms with E-state index in [0.717, 1.165) is 40.2 Å². The minimum atomic E-state index is -0.00185. The molecule has 1 amide bonds. The van der Waals surface area contributed by atoms with E-state index >= 15 is 0 Å². The molecule has 0 saturated carbocycles. The van der Waals surface area contributed by atoms with Gasteiger partial charge in [-0.15, -0.1) is 0 Å². The van der Waals surface area contributed by atoms with Crippen LogP contribution < -0.4 is 9.47 Å². The van der Waals surface area contributed by atoms with Gasteiger partial charge in [0.1, 0.15) is 0 Å². The summed E-state index contributed by atoms with van der Waals surface area (Å²) in [5, 5.41) is 5.21. The molecule has 168 valence electrons. The SMILES string of the molecule is Cc1ccccc1-n1nc(C)c(CN(C)C(=O)Cc2cc(Cl)c3c(c2)OCCCO3)c1C. The lowest BCUT2D eigenvalue weighted by atomic mass is 10.1. The summed E-state index contributed by atoms with van der Waals surface area (Å²) < 4.78 is 13.4. The van der Waals surface area contributed by atoms with Crippen molar-refractivity contribution in [2.45, 2.75) is 40.2 Å². The normalized spacial score (nSPS) is 13.0. The lowest BCUT2D eigenvalue weighted by Crippen LogP contribution is -2.28. The highest BCUT2D eigenvalue weighted by Crippen LogP contribution is 2.38. The zero-order valence-electron chi connectivity index (χ0n) is 18.9. The highest BCUT2D eigenvalue weighted by Gasteiger charge is 2.20. The number of hydrogen-bond acceptors (Lipinski definition) is 4. The van der Waals surface area contributed by atoms with Crippen molar-refractivity contribution >= 4 is 17.5 Å². The number of rotatable bonds is 5. The highest BCUT2D eigenvalue weighted by atomic mass is 35.5. The molecule has 0 radical (unpaired) electrons. The Labute approximate surface area is 193 Å². The first kappa shape index (κ1) is 22.2. The minimum Gasteiger partial charge on any atom is -0.489 e. The van der Waals surface area contributed by atoms with Crippen molar-refractivity contribution in [3.05, 3.63) is 69.5 Å². The van der Waals surface area contributed by atoms with Crippen molar-refractivity contribution in [1.82, 2.24) is 14.7 Å². The van der Waals surface area contributed by atoms with E-state index in [1.807, 2.05) is 43.8 Å². The van der Waals surface area contributed by atoms with Gasteiger partial charge < -0.3 is 14.4 Å². The molecule has 7 heteroatoms. The molecule has 0 N–H and O–H groups in total. The number of likely N-dealkylation sites (N-methyl/N-ethyl adjacent to an activating group) is 1. The predicted octanol–water partition coefficient (Wildman–Crippen LogP) is 4.81. The Bertz CT molecular complexity index is 1160. The number of benzene rings is 2. The number of nitrogens with zero attached hydrogens (tertiary/aromatic N) is 3. The van der Waals surface area contributed by atoms with Gasteiger partial charge in [-0.1, -0.05) is 29.8 Å². The van der Waals surface area contributed by atoms with Crippen LogP contribution >= 0.6 is 11.6 Å². The van der Waals surface area contributed by atoms with E-state index < -0.39 is 0 Å². The standard InChI is InChI=1S/C25H28ClN3O3/c1-16-8-5-6-9-22(16)29-18(3)20(17(2)27-29)15-28(4)24(30)14-19-12-21(26)25-23(13-19)31-10-7-11-32-25/h5-6,8-9,12-13H,7,10-11,14-15H2,1-4H3. The summed E-state index contributed by atoms with van der Waals surface area (Å²) in [6.45, 7) is 7.73. The molecule has 0 saturated heterocycles. The van der Waals surface area contributed by atoms with E-state index in [9.17, 15) is 4.79 Å². The van der Waals surface area contributed by atoms with Gasteiger partial charge in [-0.25, -0.2) is 4.68 Å². The summed E-state index contributed by atoms with van der Waals surface area (Å²) in [5.41, 5.74) is 6.02. The molecule has 6 nitrogen and oxygen atoms in total. The van der Waals surface area contributed by atoms with Crippen molar-refractivity contribution in [3.63, 3.8) is 0 Å². The summed E-state index contributed by atoms with van der Waals surface area (Å²) in [6.07, 6.45) is 1.04. The average Bonchev–Trinajstić information content (AvgIpc) is 2.93. The predicted molar refractivity (Wildman–Crippen MR) is 125 cm³/mol. The Morgan fingerprint density at radius 1 is 1.16 bits per heavy atom. The molecular weight excluding hydrogens is 426 g/mol. The monoisotopic (exact) mass is 453 g/mol. The smallest absolute Gasteiger partial charge is 0.227 e. The van der Waals surface area contributed by atoms with Crippen LogP contribution in [0.5, 0.6) is 11.5 Å². The third-order valence-corrected chi connectivity index (χ3v) is 6.10. The Hall–Kier alpha value is -2.99. The van der Waals surface area contributed by atoms with Crippen LogP contribution in [0, 0.1) is 20.8 Å². The van der Waals surface area contributed by atoms with Crippen LogP contribution in [-0.4, -0.2) is 40.8 Å². The molecule has 1 aliphatic rings. The maximum absolute atomic E-state index is 13.0. The lowest BCUT2D eigenvalue weighted by Gasteiger charge is -2.18. The van der Waals surface area contributed by atoms with Crippen LogP contribution in [0.3, 0.4) is 0 Å². The van der Waals surface area contributed by atoms with E-state index in [0.29, 0.717) is 36.3 Å². The Kier molecular flexibility index (Phi) is 6.42. The molecule has 1 aliphatic heterocycles. The van der Waals surface area contributed by atoms with Crippen LogP contribution in [0.25, 0.3) is 5.69 Å². The van der Waals surface area contributed by atoms with Gasteiger partial charge in [-0.2, -0.15) is 5.10 Å². The molecule has 0 bridgehead atoms. The number of ether oxygens (including phenoxy) is 2. The molecule has 0 fully saturated rings. The van der Waals surface area contributed by atoms with Gasteiger partial charge in [-0.3, -0.25) is 4.79 Å². The molecule has 0 atom stereocenters. The maximum atomic E-state index is 13.0. The third kappa shape index (κ3) is 4.46. The van der Waals surface area contributed by atoms with Gasteiger partial charge in [0, 0.05) is 31.3 Å². The summed E-state index contributed by atoms with van der Waals surface area (Å²) in [5.74, 6) is 1.16. The number of fused-ring (bicyclic) bond motifs is 1. The summed E-state index contributed by atoms with van der Waals surface area (Å²) in [6, 6.07) is 11.8. The molecule has 32 heavy (non-hydrogen) atoms. The highest BCUT2D eigenvalue weighted by molar-refractivity contribution is 6.32. The first-order valence-electron chi connectivity index (χ1n) is 10.8. The number of hydrogen-bond donors (Lipinski definition) is 0. The van der Waals surface area contributed by atoms with Gasteiger partial charge >= 0.3 is 0 Å². The molecule has 3 aromatic rings. The molecule has 1 aromatic heterocycles. The van der Waals surface area contributed by atoms with Crippen molar-refractivity contribution < 1.29 is 14.3 Å². The van der Waals surface area contributed by atoms with Crippen molar-refractivity contribution in [2.24, 2.45) is 0 Å². The number of amides is 1. The molecule has 2 aromatic carbocycles. The second-order valence-corrected chi connectivity index (χ2v) is 8.64. The van der Waals surface area contributed by atoms with Gasteiger partial charge in [0.2, 0.25) is 5.91 Å². The summed E-state index contributed by atoms with van der Waals surface area (Å²) in [7, 11) is 1.82. The Morgan fingerprint density at radius 2 is 1.91 bits per heavy atom. The fourth-order valence-corrected chi connectivity index (χ4v) is 4.25. The third-order valence-electron chi connectivity index (χ3n) is 5.82. The average molecular weight is 454 g/mol. The number of aryl methyl sites for hydroxylation is 2. The second-order valence-electron chi connectivity index (χ2n) is 8.23. The zero-order chi connectivity index (χ0) is 22.8. The van der Waals surface area contributed by atoms with Gasteiger partial charge in [0.25, 0.3) is 0 Å². The number of para-hydroxylation sites is 1. The van der Waals surface area contributed by atoms with Crippen LogP contribution in [0.4, 0.5) is 0 Å². The van der Waals surface area contributed by atoms with Crippen LogP contribution in [0.2, 0.25) is 5.02 Å². The van der Waals surface area contributed by atoms with E-state index in [1.165, 1.54) is 0 Å². The molecule has 0 unspecified atom stereocenters. The number of aromatic nitrogens is 2. The zero-order valence-corrected chi connectivity index (χ0v) is 19.7. The number of carbonyl (C=O) groups is 1. The molecule has 0 aliphatic carbocycles. The van der Waals surface area contributed by atoms with Gasteiger partial charge in [0.05, 0.1) is 36.0 Å². The lowest BCUT2D eigenvalue weighted by molar-refractivity contribution is -0.129. The molecular formula is C25H28ClN3O3. The largest absolute Gasteiger partial charge is 0.489 e. The Morgan fingerprint density at radius 3 is 2.69 bits per heavy atom. The molecule has 4 rings (SSSR count). The van der Waals surface area contributed by atoms with Crippen molar-refractivity contribution in [2.75, 3.05) is 20.3 Å². The maximum Gasteiger partial charge on any atom is 0.227 e. The molecule has 0 spiro atoms. The second kappa shape index (κ2) is 9.25.